The summed E-state index contributed by atoms with van der Waals surface area (Å²) in [5.74, 6) is -6.40. The van der Waals surface area contributed by atoms with E-state index in [4.69, 9.17) is 0 Å². The molecule has 0 aliphatic heterocycles. The molecule has 0 heterocycles. The molecule has 0 fully saturated rings. The van der Waals surface area contributed by atoms with Crippen molar-refractivity contribution in [3.63, 3.8) is 0 Å². The number of ketones is 1. The first kappa shape index (κ1) is 37.3. The minimum Gasteiger partial charge on any atom is -0.506 e. The average molecular weight is 802 g/mol. The maximum Gasteiger partial charge on any atom is 0.317 e. The van der Waals surface area contributed by atoms with Crippen LogP contribution >= 0.6 is 31.9 Å². The van der Waals surface area contributed by atoms with Crippen LogP contribution < -0.4 is 0 Å². The van der Waals surface area contributed by atoms with E-state index in [0.717, 1.165) is 15.9 Å². The number of carbonyl (C=O) groups is 5. The van der Waals surface area contributed by atoms with Crippen molar-refractivity contribution in [2.45, 2.75) is 11.4 Å². The summed E-state index contributed by atoms with van der Waals surface area (Å²) in [5.41, 5.74) is 0.183. The van der Waals surface area contributed by atoms with Crippen molar-refractivity contribution < 1.29 is 62.5 Å². The van der Waals surface area contributed by atoms with Crippen LogP contribution in [0.25, 0.3) is 5.57 Å². The van der Waals surface area contributed by atoms with Gasteiger partial charge < -0.3 is 25.5 Å². The van der Waals surface area contributed by atoms with Crippen molar-refractivity contribution in [2.75, 3.05) is 32.7 Å². The van der Waals surface area contributed by atoms with Crippen LogP contribution in [0.4, 0.5) is 0 Å². The molecule has 6 N–H and O–H groups in total. The van der Waals surface area contributed by atoms with Gasteiger partial charge in [-0.25, -0.2) is 0 Å². The third kappa shape index (κ3) is 10.1. The minimum atomic E-state index is -4.88. The fourth-order valence-electron chi connectivity index (χ4n) is 4.79. The minimum absolute atomic E-state index is 0.0209. The summed E-state index contributed by atoms with van der Waals surface area (Å²) >= 11 is 6.39. The molecule has 0 unspecified atom stereocenters. The highest BCUT2D eigenvalue weighted by Gasteiger charge is 2.28. The number of carboxylic acid groups (broad SMARTS) is 4. The highest BCUT2D eigenvalue weighted by atomic mass is 79.9. The Kier molecular flexibility index (Phi) is 12.4. The number of carbonyl (C=O) groups excluding carboxylic acids is 1. The van der Waals surface area contributed by atoms with Crippen LogP contribution in [0.15, 0.2) is 73.5 Å². The molecule has 0 radical (unpaired) electrons. The second-order valence-electron chi connectivity index (χ2n) is 10.1. The fourth-order valence-corrected chi connectivity index (χ4v) is 6.49. The summed E-state index contributed by atoms with van der Waals surface area (Å²) in [5, 5.41) is 48.0. The third-order valence-electron chi connectivity index (χ3n) is 6.50. The van der Waals surface area contributed by atoms with Crippen molar-refractivity contribution in [1.82, 2.24) is 9.80 Å². The molecule has 0 aromatic heterocycles. The van der Waals surface area contributed by atoms with Crippen molar-refractivity contribution in [3.8, 4) is 5.75 Å². The zero-order valence-corrected chi connectivity index (χ0v) is 27.9. The molecule has 0 saturated carbocycles. The van der Waals surface area contributed by atoms with Crippen LogP contribution in [0.2, 0.25) is 0 Å². The van der Waals surface area contributed by atoms with Gasteiger partial charge in [0.15, 0.2) is 5.78 Å². The van der Waals surface area contributed by atoms with Crippen LogP contribution in [0, 0.1) is 0 Å². The molecule has 0 bridgehead atoms. The Hall–Kier alpha value is -4.20. The molecule has 0 saturated heterocycles. The molecule has 1 aliphatic carbocycles. The molecule has 15 nitrogen and oxygen atoms in total. The summed E-state index contributed by atoms with van der Waals surface area (Å²) in [4.78, 5) is 60.2. The highest BCUT2D eigenvalue weighted by Crippen LogP contribution is 2.40. The van der Waals surface area contributed by atoms with E-state index in [1.807, 2.05) is 0 Å². The smallest absolute Gasteiger partial charge is 0.317 e. The average Bonchev–Trinajstić information content (AvgIpc) is 2.92. The number of hydrogen-bond donors (Lipinski definition) is 6. The molecule has 3 rings (SSSR count). The van der Waals surface area contributed by atoms with E-state index in [1.54, 1.807) is 0 Å². The van der Waals surface area contributed by atoms with Gasteiger partial charge in [0, 0.05) is 29.8 Å². The molecule has 1 aliphatic rings. The van der Waals surface area contributed by atoms with E-state index in [2.05, 4.69) is 31.9 Å². The normalized spacial score (nSPS) is 14.5. The molecule has 250 valence electrons. The van der Waals surface area contributed by atoms with Gasteiger partial charge in [-0.3, -0.25) is 38.3 Å². The van der Waals surface area contributed by atoms with Gasteiger partial charge in [-0.05, 0) is 78.9 Å². The lowest BCUT2D eigenvalue weighted by Crippen LogP contribution is -2.37. The van der Waals surface area contributed by atoms with Crippen molar-refractivity contribution in [2.24, 2.45) is 0 Å². The lowest BCUT2D eigenvalue weighted by atomic mass is 9.88. The monoisotopic (exact) mass is 800 g/mol. The number of benzene rings is 2. The second kappa shape index (κ2) is 15.6. The van der Waals surface area contributed by atoms with E-state index >= 15 is 0 Å². The zero-order chi connectivity index (χ0) is 35.2. The number of hydrogen-bond acceptors (Lipinski definition) is 10. The number of allylic oxidation sites excluding steroid dienone is 4. The van der Waals surface area contributed by atoms with Gasteiger partial charge in [0.1, 0.15) is 10.6 Å². The standard InChI is InChI=1S/C29H26Br2N2O13S/c30-20-7-15(5-17(28(20)42)9-32(11-23(34)35)12-24(36)37)27(19-3-1-2-4-22(19)47(44,45)46)16-6-18(29(43)21(31)8-16)10-33(13-25(38)39)14-26(40)41/h1-8,42H,9-14H2,(H,34,35)(H,36,37)(H,38,39)(H,40,41)(H,44,45,46)/b27-16+. The highest BCUT2D eigenvalue weighted by molar-refractivity contribution is 9.12. The lowest BCUT2D eigenvalue weighted by molar-refractivity contribution is -0.143. The first-order valence-electron chi connectivity index (χ1n) is 13.1. The largest absolute Gasteiger partial charge is 0.506 e. The van der Waals surface area contributed by atoms with Crippen molar-refractivity contribution >= 4 is 77.2 Å². The molecular weight excluding hydrogens is 776 g/mol. The molecule has 2 aromatic carbocycles. The van der Waals surface area contributed by atoms with Crippen molar-refractivity contribution in [3.05, 3.63) is 85.3 Å². The molecule has 18 heteroatoms. The Morgan fingerprint density at radius 3 is 1.79 bits per heavy atom. The predicted octanol–water partition coefficient (Wildman–Crippen LogP) is 2.43. The Morgan fingerprint density at radius 2 is 1.28 bits per heavy atom. The SMILES string of the molecule is O=C(O)CN(CC(=O)O)CC1=C/C(=C(/c2cc(Br)c(O)c(CN(CC(=O)O)CC(=O)O)c2)c2ccccc2S(=O)(=O)O)C=C(Br)C1=O. The van der Waals surface area contributed by atoms with E-state index in [0.29, 0.717) is 0 Å². The molecular formula is C29H26Br2N2O13S. The van der Waals surface area contributed by atoms with Crippen molar-refractivity contribution in [1.29, 1.82) is 0 Å². The van der Waals surface area contributed by atoms with Crippen LogP contribution in [0.3, 0.4) is 0 Å². The topological polar surface area (TPSA) is 247 Å². The first-order chi connectivity index (χ1) is 21.9. The quantitative estimate of drug-likeness (QED) is 0.142. The van der Waals surface area contributed by atoms with E-state index in [9.17, 15) is 62.5 Å². The number of rotatable bonds is 15. The van der Waals surface area contributed by atoms with Gasteiger partial charge in [-0.2, -0.15) is 8.42 Å². The van der Waals surface area contributed by atoms with E-state index < -0.39 is 83.9 Å². The van der Waals surface area contributed by atoms with Crippen LogP contribution in [-0.2, 0) is 40.6 Å². The lowest BCUT2D eigenvalue weighted by Gasteiger charge is -2.24. The predicted molar refractivity (Wildman–Crippen MR) is 170 cm³/mol. The summed E-state index contributed by atoms with van der Waals surface area (Å²) in [6, 6.07) is 7.97. The summed E-state index contributed by atoms with van der Waals surface area (Å²) in [6.45, 7) is -3.71. The van der Waals surface area contributed by atoms with Gasteiger partial charge in [0.05, 0.1) is 35.1 Å². The fraction of sp³-hybridized carbons (Fsp3) is 0.207. The Bertz CT molecular complexity index is 1820. The van der Waals surface area contributed by atoms with E-state index in [-0.39, 0.29) is 48.1 Å². The maximum absolute atomic E-state index is 13.1. The van der Waals surface area contributed by atoms with Gasteiger partial charge in [0.25, 0.3) is 10.1 Å². The second-order valence-corrected chi connectivity index (χ2v) is 13.2. The van der Waals surface area contributed by atoms with Gasteiger partial charge >= 0.3 is 23.9 Å². The number of carboxylic acids is 4. The maximum atomic E-state index is 13.1. The Morgan fingerprint density at radius 1 is 0.766 bits per heavy atom. The number of Topliss-reactive ketones (excluding diaryl/α,β-unsaturated/α-hetero) is 1. The van der Waals surface area contributed by atoms with Crippen LogP contribution in [0.1, 0.15) is 16.7 Å². The van der Waals surface area contributed by atoms with Gasteiger partial charge in [-0.15, -0.1) is 0 Å². The molecule has 0 atom stereocenters. The molecule has 0 spiro atoms. The first-order valence-corrected chi connectivity index (χ1v) is 16.2. The van der Waals surface area contributed by atoms with Gasteiger partial charge in [0.2, 0.25) is 0 Å². The molecule has 2 aromatic rings. The number of aliphatic carboxylic acids is 4. The number of nitrogens with zero attached hydrogens (tertiary/aromatic N) is 2. The molecule has 0 amide bonds. The van der Waals surface area contributed by atoms with Crippen LogP contribution in [-0.4, -0.2) is 111 Å². The number of phenols is 1. The number of aromatic hydroxyl groups is 1. The third-order valence-corrected chi connectivity index (χ3v) is 8.60. The van der Waals surface area contributed by atoms with E-state index in [1.165, 1.54) is 42.5 Å². The summed E-state index contributed by atoms with van der Waals surface area (Å²) in [6.07, 6.45) is 2.61. The number of halogens is 2. The number of phenolic OH excluding ortho intramolecular Hbond substituents is 1. The molecule has 47 heavy (non-hydrogen) atoms. The zero-order valence-electron chi connectivity index (χ0n) is 24.0. The summed E-state index contributed by atoms with van der Waals surface area (Å²) in [7, 11) is -4.88. The van der Waals surface area contributed by atoms with Crippen LogP contribution in [0.5, 0.6) is 5.75 Å². The van der Waals surface area contributed by atoms with Gasteiger partial charge in [-0.1, -0.05) is 18.2 Å². The Balaban J connectivity index is 2.38. The summed E-state index contributed by atoms with van der Waals surface area (Å²) < 4.78 is 35.1. The Labute approximate surface area is 283 Å².